The predicted molar refractivity (Wildman–Crippen MR) is 55.1 cm³/mol. The molecule has 0 radical (unpaired) electrons. The summed E-state index contributed by atoms with van der Waals surface area (Å²) in [5.41, 5.74) is -1.33. The molecule has 0 amide bonds. The lowest BCUT2D eigenvalue weighted by Crippen LogP contribution is -2.27. The van der Waals surface area contributed by atoms with Crippen molar-refractivity contribution in [3.63, 3.8) is 0 Å². The molecule has 18 heavy (non-hydrogen) atoms. The maximum absolute atomic E-state index is 12.4. The van der Waals surface area contributed by atoms with E-state index in [9.17, 15) is 23.1 Å². The summed E-state index contributed by atoms with van der Waals surface area (Å²) in [4.78, 5) is 10.4. The van der Waals surface area contributed by atoms with Gasteiger partial charge in [-0.3, -0.25) is 0 Å². The van der Waals surface area contributed by atoms with Crippen molar-refractivity contribution in [3.05, 3.63) is 34.3 Å². The summed E-state index contributed by atoms with van der Waals surface area (Å²) in [5.74, 6) is -1.70. The van der Waals surface area contributed by atoms with Crippen LogP contribution in [0.2, 0.25) is 5.02 Å². The first-order valence-electron chi connectivity index (χ1n) is 4.60. The molecule has 8 heteroatoms. The second-order valence-corrected chi connectivity index (χ2v) is 3.87. The number of carboxylic acids is 1. The second-order valence-electron chi connectivity index (χ2n) is 3.46. The Hall–Kier alpha value is -1.31. The molecule has 0 saturated heterocycles. The molecule has 2 atom stereocenters. The molecule has 0 aliphatic carbocycles. The van der Waals surface area contributed by atoms with E-state index in [-0.39, 0.29) is 5.56 Å². The standard InChI is InChI=1S/C10H8ClF3O4/c11-6-3-4(7(15)8(16)9(17)18)1-2-5(6)10(12,13)14/h1-3,7-8,15-16H,(H,17,18). The maximum Gasteiger partial charge on any atom is 0.417 e. The van der Waals surface area contributed by atoms with Crippen molar-refractivity contribution < 1.29 is 33.3 Å². The zero-order valence-corrected chi connectivity index (χ0v) is 9.40. The summed E-state index contributed by atoms with van der Waals surface area (Å²) in [6.07, 6.45) is -8.65. The van der Waals surface area contributed by atoms with Crippen LogP contribution < -0.4 is 0 Å². The average Bonchev–Trinajstić information content (AvgIpc) is 2.24. The summed E-state index contributed by atoms with van der Waals surface area (Å²) in [5, 5.41) is 26.2. The van der Waals surface area contributed by atoms with Gasteiger partial charge in [0.2, 0.25) is 0 Å². The van der Waals surface area contributed by atoms with Crippen molar-refractivity contribution >= 4 is 17.6 Å². The Bertz CT molecular complexity index is 461. The van der Waals surface area contributed by atoms with E-state index in [1.165, 1.54) is 0 Å². The summed E-state index contributed by atoms with van der Waals surface area (Å²) in [6.45, 7) is 0. The van der Waals surface area contributed by atoms with Crippen LogP contribution in [0.5, 0.6) is 0 Å². The fourth-order valence-corrected chi connectivity index (χ4v) is 1.56. The van der Waals surface area contributed by atoms with E-state index >= 15 is 0 Å². The van der Waals surface area contributed by atoms with Crippen LogP contribution in [0.3, 0.4) is 0 Å². The molecule has 0 aromatic heterocycles. The minimum absolute atomic E-state index is 0.220. The third kappa shape index (κ3) is 3.12. The monoisotopic (exact) mass is 284 g/mol. The van der Waals surface area contributed by atoms with Gasteiger partial charge < -0.3 is 15.3 Å². The van der Waals surface area contributed by atoms with Gasteiger partial charge in [0.25, 0.3) is 0 Å². The van der Waals surface area contributed by atoms with Crippen LogP contribution in [0.25, 0.3) is 0 Å². The van der Waals surface area contributed by atoms with Gasteiger partial charge in [-0.1, -0.05) is 17.7 Å². The third-order valence-electron chi connectivity index (χ3n) is 2.19. The summed E-state index contributed by atoms with van der Waals surface area (Å²) >= 11 is 5.38. The molecule has 0 spiro atoms. The highest BCUT2D eigenvalue weighted by atomic mass is 35.5. The van der Waals surface area contributed by atoms with Gasteiger partial charge in [0.05, 0.1) is 10.6 Å². The Morgan fingerprint density at radius 1 is 1.28 bits per heavy atom. The molecular weight excluding hydrogens is 277 g/mol. The Balaban J connectivity index is 3.08. The van der Waals surface area contributed by atoms with Crippen LogP contribution in [-0.2, 0) is 11.0 Å². The fourth-order valence-electron chi connectivity index (χ4n) is 1.26. The zero-order valence-electron chi connectivity index (χ0n) is 8.65. The largest absolute Gasteiger partial charge is 0.479 e. The number of aliphatic hydroxyl groups is 2. The molecule has 3 N–H and O–H groups in total. The van der Waals surface area contributed by atoms with E-state index in [0.29, 0.717) is 6.07 Å². The topological polar surface area (TPSA) is 77.8 Å². The van der Waals surface area contributed by atoms with Crippen molar-refractivity contribution in [1.29, 1.82) is 0 Å². The van der Waals surface area contributed by atoms with Crippen LogP contribution in [0, 0.1) is 0 Å². The molecule has 0 bridgehead atoms. The summed E-state index contributed by atoms with van der Waals surface area (Å²) < 4.78 is 37.1. The first kappa shape index (κ1) is 14.7. The van der Waals surface area contributed by atoms with Gasteiger partial charge in [-0.15, -0.1) is 0 Å². The number of aliphatic carboxylic acids is 1. The molecule has 4 nitrogen and oxygen atoms in total. The molecule has 0 aliphatic rings. The Kier molecular flexibility index (Phi) is 4.20. The molecule has 0 fully saturated rings. The lowest BCUT2D eigenvalue weighted by atomic mass is 10.0. The molecule has 0 saturated carbocycles. The van der Waals surface area contributed by atoms with Gasteiger partial charge in [-0.05, 0) is 17.7 Å². The van der Waals surface area contributed by atoms with Crippen molar-refractivity contribution in [2.75, 3.05) is 0 Å². The number of aliphatic hydroxyl groups excluding tert-OH is 2. The number of hydrogen-bond acceptors (Lipinski definition) is 3. The van der Waals surface area contributed by atoms with Crippen LogP contribution in [0.4, 0.5) is 13.2 Å². The van der Waals surface area contributed by atoms with E-state index in [2.05, 4.69) is 0 Å². The quantitative estimate of drug-likeness (QED) is 0.791. The van der Waals surface area contributed by atoms with Gasteiger partial charge >= 0.3 is 12.1 Å². The van der Waals surface area contributed by atoms with Crippen molar-refractivity contribution in [2.45, 2.75) is 18.4 Å². The van der Waals surface area contributed by atoms with Gasteiger partial charge in [0, 0.05) is 0 Å². The minimum atomic E-state index is -4.65. The Labute approximate surface area is 104 Å². The number of carboxylic acid groups (broad SMARTS) is 1. The molecule has 1 aromatic carbocycles. The van der Waals surface area contributed by atoms with E-state index in [1.54, 1.807) is 0 Å². The van der Waals surface area contributed by atoms with Crippen molar-refractivity contribution in [1.82, 2.24) is 0 Å². The van der Waals surface area contributed by atoms with Crippen molar-refractivity contribution in [2.24, 2.45) is 0 Å². The van der Waals surface area contributed by atoms with Crippen LogP contribution >= 0.6 is 11.6 Å². The molecular formula is C10H8ClF3O4. The maximum atomic E-state index is 12.4. The first-order valence-corrected chi connectivity index (χ1v) is 4.98. The number of rotatable bonds is 3. The zero-order chi connectivity index (χ0) is 14.1. The van der Waals surface area contributed by atoms with Crippen LogP contribution in [0.1, 0.15) is 17.2 Å². The van der Waals surface area contributed by atoms with E-state index in [0.717, 1.165) is 12.1 Å². The van der Waals surface area contributed by atoms with E-state index in [4.69, 9.17) is 21.8 Å². The molecule has 2 unspecified atom stereocenters. The van der Waals surface area contributed by atoms with Gasteiger partial charge in [-0.25, -0.2) is 4.79 Å². The Morgan fingerprint density at radius 3 is 2.22 bits per heavy atom. The lowest BCUT2D eigenvalue weighted by Gasteiger charge is -2.16. The number of halogens is 4. The fraction of sp³-hybridized carbons (Fsp3) is 0.300. The first-order chi connectivity index (χ1) is 8.14. The molecule has 100 valence electrons. The van der Waals surface area contributed by atoms with Gasteiger partial charge in [0.15, 0.2) is 6.10 Å². The number of benzene rings is 1. The number of carbonyl (C=O) groups is 1. The summed E-state index contributed by atoms with van der Waals surface area (Å²) in [6, 6.07) is 2.22. The van der Waals surface area contributed by atoms with Gasteiger partial charge in [-0.2, -0.15) is 13.2 Å². The smallest absolute Gasteiger partial charge is 0.417 e. The lowest BCUT2D eigenvalue weighted by molar-refractivity contribution is -0.153. The SMILES string of the molecule is O=C(O)C(O)C(O)c1ccc(C(F)(F)F)c(Cl)c1. The number of alkyl halides is 3. The molecule has 0 aliphatic heterocycles. The predicted octanol–water partition coefficient (Wildman–Crippen LogP) is 1.84. The second kappa shape index (κ2) is 5.13. The minimum Gasteiger partial charge on any atom is -0.479 e. The van der Waals surface area contributed by atoms with Crippen LogP contribution in [0.15, 0.2) is 18.2 Å². The van der Waals surface area contributed by atoms with E-state index in [1.807, 2.05) is 0 Å². The summed E-state index contributed by atoms with van der Waals surface area (Å²) in [7, 11) is 0. The number of hydrogen-bond donors (Lipinski definition) is 3. The van der Waals surface area contributed by atoms with Crippen LogP contribution in [-0.4, -0.2) is 27.4 Å². The highest BCUT2D eigenvalue weighted by Crippen LogP contribution is 2.36. The third-order valence-corrected chi connectivity index (χ3v) is 2.50. The average molecular weight is 285 g/mol. The van der Waals surface area contributed by atoms with E-state index < -0.39 is 34.9 Å². The highest BCUT2D eigenvalue weighted by Gasteiger charge is 2.34. The molecule has 0 heterocycles. The highest BCUT2D eigenvalue weighted by molar-refractivity contribution is 6.31. The van der Waals surface area contributed by atoms with Crippen molar-refractivity contribution in [3.8, 4) is 0 Å². The van der Waals surface area contributed by atoms with Gasteiger partial charge in [0.1, 0.15) is 6.10 Å². The molecule has 1 rings (SSSR count). The Morgan fingerprint density at radius 2 is 1.83 bits per heavy atom. The normalized spacial score (nSPS) is 15.2. The molecule has 1 aromatic rings.